The third-order valence-electron chi connectivity index (χ3n) is 4.99. The minimum Gasteiger partial charge on any atom is -0.477 e. The summed E-state index contributed by atoms with van der Waals surface area (Å²) in [5.41, 5.74) is 2.21. The number of aromatic carboxylic acids is 1. The normalized spacial score (nSPS) is 13.9. The fourth-order valence-corrected chi connectivity index (χ4v) is 4.38. The number of pyridine rings is 1. The van der Waals surface area contributed by atoms with Gasteiger partial charge in [-0.3, -0.25) is 0 Å². The first kappa shape index (κ1) is 19.9. The van der Waals surface area contributed by atoms with Gasteiger partial charge in [0.25, 0.3) is 0 Å². The predicted octanol–water partition coefficient (Wildman–Crippen LogP) is 4.17. The van der Waals surface area contributed by atoms with Crippen LogP contribution in [0.4, 0.5) is 16.3 Å². The number of benzene rings is 1. The van der Waals surface area contributed by atoms with E-state index in [0.717, 1.165) is 33.3 Å². The fourth-order valence-electron chi connectivity index (χ4n) is 3.43. The highest BCUT2D eigenvalue weighted by molar-refractivity contribution is 7.18. The minimum absolute atomic E-state index is 0.129. The number of hydrogen-bond acceptors (Lipinski definition) is 5. The summed E-state index contributed by atoms with van der Waals surface area (Å²) in [6.07, 6.45) is 0. The minimum atomic E-state index is -1.05. The topological polar surface area (TPSA) is 85.8 Å². The van der Waals surface area contributed by atoms with Crippen molar-refractivity contribution in [3.8, 4) is 10.4 Å². The van der Waals surface area contributed by atoms with Crippen LogP contribution in [0, 0.1) is 6.92 Å². The van der Waals surface area contributed by atoms with Gasteiger partial charge in [-0.05, 0) is 30.7 Å². The van der Waals surface area contributed by atoms with E-state index in [9.17, 15) is 14.7 Å². The van der Waals surface area contributed by atoms with E-state index in [0.29, 0.717) is 31.9 Å². The second-order valence-corrected chi connectivity index (χ2v) is 8.12. The lowest BCUT2D eigenvalue weighted by Gasteiger charge is -2.35. The molecule has 30 heavy (non-hydrogen) atoms. The quantitative estimate of drug-likeness (QED) is 0.659. The zero-order chi connectivity index (χ0) is 21.1. The summed E-state index contributed by atoms with van der Waals surface area (Å²) in [6, 6.07) is 16.9. The molecule has 0 saturated carbocycles. The molecule has 1 aliphatic heterocycles. The van der Waals surface area contributed by atoms with Crippen LogP contribution in [0.1, 0.15) is 15.4 Å². The maximum atomic E-state index is 12.8. The van der Waals surface area contributed by atoms with Crippen LogP contribution in [-0.2, 0) is 0 Å². The summed E-state index contributed by atoms with van der Waals surface area (Å²) >= 11 is 1.16. The zero-order valence-corrected chi connectivity index (χ0v) is 17.4. The number of piperazine rings is 1. The molecule has 2 aromatic heterocycles. The number of amides is 2. The number of hydrogen-bond donors (Lipinski definition) is 2. The second-order valence-electron chi connectivity index (χ2n) is 7.07. The number of thiophene rings is 1. The Balaban J connectivity index is 1.44. The standard InChI is InChI=1S/C22H22N4O3S/c1-15-6-5-9-19(23-15)25-10-12-26(13-11-25)22(29)24-17-14-18(30-20(17)21(27)28)16-7-3-2-4-8-16/h2-9,14H,10-13H2,1H3,(H,24,29)(H,27,28). The summed E-state index contributed by atoms with van der Waals surface area (Å²) in [7, 11) is 0. The van der Waals surface area contributed by atoms with E-state index < -0.39 is 5.97 Å². The van der Waals surface area contributed by atoms with Crippen LogP contribution >= 0.6 is 11.3 Å². The number of carbonyl (C=O) groups excluding carboxylic acids is 1. The number of urea groups is 1. The van der Waals surface area contributed by atoms with Crippen molar-refractivity contribution < 1.29 is 14.7 Å². The van der Waals surface area contributed by atoms with Crippen molar-refractivity contribution in [1.82, 2.24) is 9.88 Å². The Morgan fingerprint density at radius 1 is 1.03 bits per heavy atom. The lowest BCUT2D eigenvalue weighted by atomic mass is 10.2. The van der Waals surface area contributed by atoms with E-state index >= 15 is 0 Å². The number of carboxylic acids is 1. The Morgan fingerprint density at radius 2 is 1.77 bits per heavy atom. The molecule has 7 nitrogen and oxygen atoms in total. The van der Waals surface area contributed by atoms with Crippen LogP contribution in [0.15, 0.2) is 54.6 Å². The summed E-state index contributed by atoms with van der Waals surface area (Å²) in [4.78, 5) is 33.8. The molecule has 4 rings (SSSR count). The Hall–Kier alpha value is -3.39. The number of rotatable bonds is 4. The third-order valence-corrected chi connectivity index (χ3v) is 6.16. The molecular formula is C22H22N4O3S. The summed E-state index contributed by atoms with van der Waals surface area (Å²) in [5.74, 6) is -0.138. The summed E-state index contributed by atoms with van der Waals surface area (Å²) < 4.78 is 0. The van der Waals surface area contributed by atoms with Crippen molar-refractivity contribution in [1.29, 1.82) is 0 Å². The summed E-state index contributed by atoms with van der Waals surface area (Å²) in [5, 5.41) is 12.4. The maximum absolute atomic E-state index is 12.8. The van der Waals surface area contributed by atoms with Gasteiger partial charge in [0.2, 0.25) is 0 Å². The third kappa shape index (κ3) is 4.28. The van der Waals surface area contributed by atoms with Crippen molar-refractivity contribution in [2.24, 2.45) is 0 Å². The SMILES string of the molecule is Cc1cccc(N2CCN(C(=O)Nc3cc(-c4ccccc4)sc3C(=O)O)CC2)n1. The molecule has 3 aromatic rings. The van der Waals surface area contributed by atoms with Crippen molar-refractivity contribution in [2.45, 2.75) is 6.92 Å². The molecule has 0 radical (unpaired) electrons. The lowest BCUT2D eigenvalue weighted by Crippen LogP contribution is -2.50. The van der Waals surface area contributed by atoms with E-state index in [4.69, 9.17) is 0 Å². The van der Waals surface area contributed by atoms with Crippen LogP contribution < -0.4 is 10.2 Å². The molecule has 1 aromatic carbocycles. The van der Waals surface area contributed by atoms with Crippen LogP contribution in [0.25, 0.3) is 10.4 Å². The zero-order valence-electron chi connectivity index (χ0n) is 16.5. The molecule has 2 amide bonds. The molecule has 0 aliphatic carbocycles. The smallest absolute Gasteiger partial charge is 0.348 e. The van der Waals surface area contributed by atoms with Gasteiger partial charge in [0.1, 0.15) is 10.7 Å². The molecule has 0 atom stereocenters. The van der Waals surface area contributed by atoms with E-state index in [2.05, 4.69) is 15.2 Å². The van der Waals surface area contributed by atoms with E-state index in [1.165, 1.54) is 0 Å². The fraction of sp³-hybridized carbons (Fsp3) is 0.227. The molecule has 8 heteroatoms. The molecule has 0 unspecified atom stereocenters. The monoisotopic (exact) mass is 422 g/mol. The van der Waals surface area contributed by atoms with Gasteiger partial charge in [-0.25, -0.2) is 14.6 Å². The first-order valence-electron chi connectivity index (χ1n) is 9.68. The molecule has 1 aliphatic rings. The molecule has 1 fully saturated rings. The average Bonchev–Trinajstić information content (AvgIpc) is 3.18. The van der Waals surface area contributed by atoms with E-state index in [1.54, 1.807) is 11.0 Å². The van der Waals surface area contributed by atoms with Gasteiger partial charge in [0.15, 0.2) is 0 Å². The molecule has 154 valence electrons. The van der Waals surface area contributed by atoms with Crippen LogP contribution in [0.3, 0.4) is 0 Å². The summed E-state index contributed by atoms with van der Waals surface area (Å²) in [6.45, 7) is 4.39. The average molecular weight is 423 g/mol. The van der Waals surface area contributed by atoms with Crippen LogP contribution in [-0.4, -0.2) is 53.2 Å². The Bertz CT molecular complexity index is 1060. The van der Waals surface area contributed by atoms with Crippen LogP contribution in [0.2, 0.25) is 0 Å². The van der Waals surface area contributed by atoms with Crippen LogP contribution in [0.5, 0.6) is 0 Å². The van der Waals surface area contributed by atoms with E-state index in [1.807, 2.05) is 55.5 Å². The lowest BCUT2D eigenvalue weighted by molar-refractivity contribution is 0.0703. The highest BCUT2D eigenvalue weighted by atomic mass is 32.1. The van der Waals surface area contributed by atoms with Gasteiger partial charge >= 0.3 is 12.0 Å². The molecule has 0 bridgehead atoms. The molecule has 1 saturated heterocycles. The van der Waals surface area contributed by atoms with Gasteiger partial charge in [-0.1, -0.05) is 36.4 Å². The first-order chi connectivity index (χ1) is 14.5. The van der Waals surface area contributed by atoms with Crippen molar-refractivity contribution in [2.75, 3.05) is 36.4 Å². The van der Waals surface area contributed by atoms with Gasteiger partial charge in [-0.15, -0.1) is 11.3 Å². The number of aromatic nitrogens is 1. The number of carboxylic acid groups (broad SMARTS) is 1. The van der Waals surface area contributed by atoms with Gasteiger partial charge in [0.05, 0.1) is 5.69 Å². The number of nitrogens with one attached hydrogen (secondary N) is 1. The Kier molecular flexibility index (Phi) is 5.67. The maximum Gasteiger partial charge on any atom is 0.348 e. The Labute approximate surface area is 178 Å². The van der Waals surface area contributed by atoms with Crippen molar-refractivity contribution in [3.05, 3.63) is 65.2 Å². The highest BCUT2D eigenvalue weighted by Gasteiger charge is 2.24. The molecule has 0 spiro atoms. The number of carbonyl (C=O) groups is 2. The first-order valence-corrected chi connectivity index (χ1v) is 10.5. The van der Waals surface area contributed by atoms with Crippen molar-refractivity contribution >= 4 is 34.8 Å². The highest BCUT2D eigenvalue weighted by Crippen LogP contribution is 2.35. The number of aryl methyl sites for hydroxylation is 1. The molecule has 3 heterocycles. The predicted molar refractivity (Wildman–Crippen MR) is 118 cm³/mol. The van der Waals surface area contributed by atoms with Gasteiger partial charge < -0.3 is 20.2 Å². The van der Waals surface area contributed by atoms with Crippen molar-refractivity contribution in [3.63, 3.8) is 0 Å². The second kappa shape index (κ2) is 8.54. The van der Waals surface area contributed by atoms with Gasteiger partial charge in [-0.2, -0.15) is 0 Å². The molecular weight excluding hydrogens is 400 g/mol. The van der Waals surface area contributed by atoms with Gasteiger partial charge in [0, 0.05) is 36.8 Å². The van der Waals surface area contributed by atoms with E-state index in [-0.39, 0.29) is 10.9 Å². The molecule has 2 N–H and O–H groups in total. The number of nitrogens with zero attached hydrogens (tertiary/aromatic N) is 3. The largest absolute Gasteiger partial charge is 0.477 e. The number of anilines is 2. The Morgan fingerprint density at radius 3 is 2.43 bits per heavy atom.